The van der Waals surface area contributed by atoms with Gasteiger partial charge in [0.2, 0.25) is 5.91 Å². The van der Waals surface area contributed by atoms with Gasteiger partial charge in [0.25, 0.3) is 5.91 Å². The van der Waals surface area contributed by atoms with Crippen LogP contribution in [0, 0.1) is 6.92 Å². The van der Waals surface area contributed by atoms with Crippen molar-refractivity contribution in [1.29, 1.82) is 0 Å². The number of nitrogens with one attached hydrogen (secondary N) is 2. The van der Waals surface area contributed by atoms with Crippen LogP contribution in [0.1, 0.15) is 27.2 Å². The van der Waals surface area contributed by atoms with Gasteiger partial charge in [0.15, 0.2) is 5.76 Å². The van der Waals surface area contributed by atoms with E-state index >= 15 is 0 Å². The van der Waals surface area contributed by atoms with Crippen molar-refractivity contribution in [3.8, 4) is 0 Å². The van der Waals surface area contributed by atoms with Gasteiger partial charge in [-0.2, -0.15) is 13.2 Å². The molecule has 0 spiro atoms. The molecule has 2 aromatic carbocycles. The fourth-order valence-corrected chi connectivity index (χ4v) is 2.65. The molecule has 0 atom stereocenters. The number of benzene rings is 2. The lowest BCUT2D eigenvalue weighted by molar-refractivity contribution is -0.136. The third-order valence-electron chi connectivity index (χ3n) is 4.09. The molecule has 0 unspecified atom stereocenters. The summed E-state index contributed by atoms with van der Waals surface area (Å²) in [6.07, 6.45) is -3.50. The van der Waals surface area contributed by atoms with Crippen molar-refractivity contribution in [2.45, 2.75) is 19.5 Å². The van der Waals surface area contributed by atoms with Gasteiger partial charge in [-0.15, -0.1) is 0 Å². The average Bonchev–Trinajstić information content (AvgIpc) is 3.19. The molecule has 1 aromatic heterocycles. The highest BCUT2D eigenvalue weighted by atomic mass is 19.4. The Labute approximate surface area is 164 Å². The second-order valence-corrected chi connectivity index (χ2v) is 6.40. The molecule has 29 heavy (non-hydrogen) atoms. The van der Waals surface area contributed by atoms with Crippen molar-refractivity contribution in [3.05, 3.63) is 83.3 Å². The maximum absolute atomic E-state index is 13.5. The predicted molar refractivity (Wildman–Crippen MR) is 102 cm³/mol. The number of furan rings is 1. The Morgan fingerprint density at radius 1 is 1.00 bits per heavy atom. The monoisotopic (exact) mass is 402 g/mol. The highest BCUT2D eigenvalue weighted by molar-refractivity contribution is 6.02. The molecule has 0 saturated heterocycles. The first-order valence-corrected chi connectivity index (χ1v) is 8.64. The Bertz CT molecular complexity index is 1010. The lowest BCUT2D eigenvalue weighted by Gasteiger charge is -2.16. The molecule has 5 nitrogen and oxygen atoms in total. The second kappa shape index (κ2) is 8.22. The van der Waals surface area contributed by atoms with Crippen LogP contribution in [0.3, 0.4) is 0 Å². The Morgan fingerprint density at radius 2 is 1.72 bits per heavy atom. The van der Waals surface area contributed by atoms with Gasteiger partial charge in [0.1, 0.15) is 0 Å². The molecule has 2 N–H and O–H groups in total. The van der Waals surface area contributed by atoms with Gasteiger partial charge in [0.05, 0.1) is 23.9 Å². The molecular weight excluding hydrogens is 385 g/mol. The zero-order chi connectivity index (χ0) is 21.0. The number of aryl methyl sites for hydroxylation is 1. The van der Waals surface area contributed by atoms with Crippen molar-refractivity contribution in [1.82, 2.24) is 0 Å². The number of carbonyl (C=O) groups excluding carboxylic acids is 2. The number of hydrogen-bond acceptors (Lipinski definition) is 3. The summed E-state index contributed by atoms with van der Waals surface area (Å²) in [6.45, 7) is 1.89. The van der Waals surface area contributed by atoms with E-state index in [2.05, 4.69) is 10.6 Å². The van der Waals surface area contributed by atoms with E-state index in [1.54, 1.807) is 12.1 Å². The number of alkyl halides is 3. The quantitative estimate of drug-likeness (QED) is 0.628. The average molecular weight is 402 g/mol. The fraction of sp³-hybridized carbons (Fsp3) is 0.143. The third-order valence-corrected chi connectivity index (χ3v) is 4.09. The van der Waals surface area contributed by atoms with Crippen LogP contribution in [0.25, 0.3) is 0 Å². The minimum atomic E-state index is -4.72. The zero-order valence-corrected chi connectivity index (χ0v) is 15.3. The smallest absolute Gasteiger partial charge is 0.418 e. The molecule has 0 aliphatic heterocycles. The Hall–Kier alpha value is -3.55. The largest absolute Gasteiger partial charge is 0.459 e. The molecule has 8 heteroatoms. The van der Waals surface area contributed by atoms with Gasteiger partial charge in [-0.3, -0.25) is 9.59 Å². The van der Waals surface area contributed by atoms with E-state index in [9.17, 15) is 22.8 Å². The fourth-order valence-electron chi connectivity index (χ4n) is 2.65. The Balaban J connectivity index is 1.78. The van der Waals surface area contributed by atoms with E-state index in [-0.39, 0.29) is 23.6 Å². The number of rotatable bonds is 5. The number of anilines is 2. The van der Waals surface area contributed by atoms with Crippen LogP contribution in [-0.2, 0) is 17.4 Å². The molecule has 0 radical (unpaired) electrons. The molecule has 150 valence electrons. The van der Waals surface area contributed by atoms with Crippen LogP contribution in [-0.4, -0.2) is 11.8 Å². The van der Waals surface area contributed by atoms with Gasteiger partial charge >= 0.3 is 6.18 Å². The van der Waals surface area contributed by atoms with E-state index in [0.29, 0.717) is 5.56 Å². The maximum Gasteiger partial charge on any atom is 0.418 e. The molecule has 0 fully saturated rings. The molecule has 0 saturated carbocycles. The minimum Gasteiger partial charge on any atom is -0.459 e. The van der Waals surface area contributed by atoms with Crippen LogP contribution in [0.2, 0.25) is 0 Å². The Morgan fingerprint density at radius 3 is 2.34 bits per heavy atom. The molecular formula is C21H17F3N2O3. The molecule has 3 aromatic rings. The van der Waals surface area contributed by atoms with Crippen LogP contribution in [0.4, 0.5) is 24.5 Å². The lowest BCUT2D eigenvalue weighted by Crippen LogP contribution is -2.19. The minimum absolute atomic E-state index is 0.0333. The summed E-state index contributed by atoms with van der Waals surface area (Å²) in [4.78, 5) is 24.2. The SMILES string of the molecule is Cc1ccc(CC(=O)Nc2ccc(NC(=O)c3ccco3)cc2C(F)(F)F)cc1. The highest BCUT2D eigenvalue weighted by Gasteiger charge is 2.34. The van der Waals surface area contributed by atoms with E-state index in [0.717, 1.165) is 17.7 Å². The van der Waals surface area contributed by atoms with Gasteiger partial charge in [-0.05, 0) is 42.8 Å². The highest BCUT2D eigenvalue weighted by Crippen LogP contribution is 2.36. The molecule has 0 aliphatic carbocycles. The van der Waals surface area contributed by atoms with E-state index in [4.69, 9.17) is 4.42 Å². The summed E-state index contributed by atoms with van der Waals surface area (Å²) in [6, 6.07) is 13.1. The van der Waals surface area contributed by atoms with Gasteiger partial charge < -0.3 is 15.1 Å². The number of halogens is 3. The third kappa shape index (κ3) is 5.25. The van der Waals surface area contributed by atoms with Crippen molar-refractivity contribution in [2.75, 3.05) is 10.6 Å². The summed E-state index contributed by atoms with van der Waals surface area (Å²) in [5, 5.41) is 4.64. The van der Waals surface area contributed by atoms with Crippen molar-refractivity contribution < 1.29 is 27.2 Å². The van der Waals surface area contributed by atoms with Crippen LogP contribution in [0.15, 0.2) is 65.3 Å². The summed E-state index contributed by atoms with van der Waals surface area (Å²) in [7, 11) is 0. The zero-order valence-electron chi connectivity index (χ0n) is 15.3. The Kier molecular flexibility index (Phi) is 5.72. The summed E-state index contributed by atoms with van der Waals surface area (Å²) < 4.78 is 45.3. The predicted octanol–water partition coefficient (Wildman–Crippen LogP) is 5.04. The first-order valence-electron chi connectivity index (χ1n) is 8.64. The molecule has 0 aliphatic rings. The lowest BCUT2D eigenvalue weighted by atomic mass is 10.1. The van der Waals surface area contributed by atoms with Gasteiger partial charge in [-0.25, -0.2) is 0 Å². The summed E-state index contributed by atoms with van der Waals surface area (Å²) in [5.74, 6) is -1.29. The molecule has 2 amide bonds. The molecule has 3 rings (SSSR count). The number of hydrogen-bond donors (Lipinski definition) is 2. The molecule has 0 bridgehead atoms. The summed E-state index contributed by atoms with van der Waals surface area (Å²) in [5.41, 5.74) is 0.178. The first-order chi connectivity index (χ1) is 13.7. The van der Waals surface area contributed by atoms with Crippen LogP contribution < -0.4 is 10.6 Å². The number of amides is 2. The topological polar surface area (TPSA) is 71.3 Å². The van der Waals surface area contributed by atoms with E-state index in [1.807, 2.05) is 19.1 Å². The van der Waals surface area contributed by atoms with E-state index < -0.39 is 23.6 Å². The second-order valence-electron chi connectivity index (χ2n) is 6.40. The van der Waals surface area contributed by atoms with Crippen LogP contribution in [0.5, 0.6) is 0 Å². The van der Waals surface area contributed by atoms with Gasteiger partial charge in [-0.1, -0.05) is 29.8 Å². The number of carbonyl (C=O) groups is 2. The van der Waals surface area contributed by atoms with Crippen molar-refractivity contribution >= 4 is 23.2 Å². The maximum atomic E-state index is 13.5. The van der Waals surface area contributed by atoms with Crippen molar-refractivity contribution in [3.63, 3.8) is 0 Å². The molecule has 1 heterocycles. The van der Waals surface area contributed by atoms with Crippen LogP contribution >= 0.6 is 0 Å². The standard InChI is InChI=1S/C21H17F3N2O3/c1-13-4-6-14(7-5-13)11-19(27)26-17-9-8-15(12-16(17)21(22,23)24)25-20(28)18-3-2-10-29-18/h2-10,12H,11H2,1H3,(H,25,28)(H,26,27). The van der Waals surface area contributed by atoms with Crippen molar-refractivity contribution in [2.24, 2.45) is 0 Å². The normalized spacial score (nSPS) is 11.2. The van der Waals surface area contributed by atoms with E-state index in [1.165, 1.54) is 24.5 Å². The first kappa shape index (κ1) is 20.2. The summed E-state index contributed by atoms with van der Waals surface area (Å²) >= 11 is 0. The van der Waals surface area contributed by atoms with Gasteiger partial charge in [0, 0.05) is 5.69 Å².